The highest BCUT2D eigenvalue weighted by atomic mass is 35.5. The second-order valence-corrected chi connectivity index (χ2v) is 32.7. The van der Waals surface area contributed by atoms with Crippen LogP contribution in [-0.2, 0) is 33.2 Å². The molecule has 4 aliphatic rings. The summed E-state index contributed by atoms with van der Waals surface area (Å²) in [4.78, 5) is 25.6. The summed E-state index contributed by atoms with van der Waals surface area (Å²) in [7, 11) is 10.7. The Morgan fingerprint density at radius 1 is 0.306 bits per heavy atom. The van der Waals surface area contributed by atoms with E-state index in [4.69, 9.17) is 66.8 Å². The third-order valence-electron chi connectivity index (χ3n) is 23.1. The van der Waals surface area contributed by atoms with Crippen LogP contribution in [0, 0.1) is 0 Å². The van der Waals surface area contributed by atoms with Crippen LogP contribution in [0.25, 0.3) is 129 Å². The molecule has 4 aromatic carbocycles. The van der Waals surface area contributed by atoms with E-state index in [2.05, 4.69) is 160 Å². The standard InChI is InChI=1S/C23H26ClN7.2C22H24ClN7.C21H23ClN8/c1-28-11-13-30(14-12-28)15-16-31-23-19(21(27-31)17-7-4-3-5-8-17)20(24)22(25-26-23)18-9-6-10-29(18)2;1-28-10-12-29(13-11-28)14-15-30-22-18(20(27-30)16-6-3-2-4-7-16)19(23)21(25-26-22)17-8-5-9-24-17;1-28-9-11-29(12-10-28)13-14-30-22-18(20(27-30)16-5-3-2-4-6-16)19(23)21(25-26-22)17-7-8-24-15-17;1-27-10-12-28(13-11-27)14-15-30-20-17(19(26-30)16-6-3-2-4-7-16)18(22)21(25-24-20)29-9-5-8-23-29/h3-10H,11-16H2,1-2H3;2-9,24H,10-15H2,1H3;2-8,15,24H,9-14H2,1H3;2-9H,10-15H2,1H3. The van der Waals surface area contributed by atoms with Crippen LogP contribution in [0.1, 0.15) is 0 Å². The fourth-order valence-corrected chi connectivity index (χ4v) is 17.1. The molecule has 622 valence electrons. The maximum absolute atomic E-state index is 6.95. The molecule has 0 bridgehead atoms. The highest BCUT2D eigenvalue weighted by Gasteiger charge is 2.29. The Morgan fingerprint density at radius 3 is 1.02 bits per heavy atom. The average molecular weight is 1700 g/mol. The molecule has 12 aromatic heterocycles. The van der Waals surface area contributed by atoms with Crippen LogP contribution < -0.4 is 0 Å². The van der Waals surface area contributed by atoms with Crippen LogP contribution in [0.4, 0.5) is 0 Å². The number of benzene rings is 4. The van der Waals surface area contributed by atoms with E-state index in [1.807, 2.05) is 183 Å². The minimum Gasteiger partial charge on any atom is -0.367 e. The molecule has 16 aromatic rings. The Bertz CT molecular complexity index is 5620. The monoisotopic (exact) mass is 1700 g/mol. The first-order valence-corrected chi connectivity index (χ1v) is 42.7. The normalized spacial score (nSPS) is 15.8. The molecule has 121 heavy (non-hydrogen) atoms. The predicted octanol–water partition coefficient (Wildman–Crippen LogP) is 12.8. The zero-order chi connectivity index (χ0) is 82.9. The van der Waals surface area contributed by atoms with E-state index in [0.717, 1.165) is 258 Å². The summed E-state index contributed by atoms with van der Waals surface area (Å²) >= 11 is 27.5. The third kappa shape index (κ3) is 18.4. The largest absolute Gasteiger partial charge is 0.367 e. The van der Waals surface area contributed by atoms with Crippen molar-refractivity contribution in [3.8, 4) is 84.9 Å². The first-order chi connectivity index (χ1) is 59.2. The van der Waals surface area contributed by atoms with Crippen molar-refractivity contribution in [2.24, 2.45) is 7.05 Å². The zero-order valence-corrected chi connectivity index (χ0v) is 71.6. The number of hydrogen-bond donors (Lipinski definition) is 2. The van der Waals surface area contributed by atoms with Crippen LogP contribution >= 0.6 is 46.4 Å². The lowest BCUT2D eigenvalue weighted by atomic mass is 10.1. The molecule has 0 spiro atoms. The fraction of sp³-hybridized carbons (Fsp3) is 0.330. The minimum atomic E-state index is 0.505. The molecule has 20 rings (SSSR count). The number of hydrogen-bond acceptors (Lipinski definition) is 21. The van der Waals surface area contributed by atoms with Gasteiger partial charge in [0.25, 0.3) is 0 Å². The summed E-state index contributed by atoms with van der Waals surface area (Å²) in [5.41, 5.74) is 15.0. The van der Waals surface area contributed by atoms with Crippen molar-refractivity contribution in [3.63, 3.8) is 0 Å². The fourth-order valence-electron chi connectivity index (χ4n) is 15.8. The molecular formula is C88H97Cl4N29. The molecular weight excluding hydrogens is 1600 g/mol. The van der Waals surface area contributed by atoms with Gasteiger partial charge in [0.1, 0.15) is 44.9 Å². The zero-order valence-electron chi connectivity index (χ0n) is 68.5. The van der Waals surface area contributed by atoms with Gasteiger partial charge in [0, 0.05) is 203 Å². The van der Waals surface area contributed by atoms with E-state index in [1.165, 1.54) is 0 Å². The van der Waals surface area contributed by atoms with Gasteiger partial charge in [-0.25, -0.2) is 23.4 Å². The van der Waals surface area contributed by atoms with E-state index in [9.17, 15) is 0 Å². The quantitative estimate of drug-likeness (QED) is 0.0719. The van der Waals surface area contributed by atoms with Crippen LogP contribution in [0.15, 0.2) is 195 Å². The Balaban J connectivity index is 0.000000115. The molecule has 29 nitrogen and oxygen atoms in total. The smallest absolute Gasteiger partial charge is 0.195 e. The molecule has 0 radical (unpaired) electrons. The predicted molar refractivity (Wildman–Crippen MR) is 480 cm³/mol. The molecule has 0 unspecified atom stereocenters. The molecule has 4 saturated heterocycles. The maximum atomic E-state index is 6.95. The third-order valence-corrected chi connectivity index (χ3v) is 24.6. The van der Waals surface area contributed by atoms with E-state index >= 15 is 0 Å². The summed E-state index contributed by atoms with van der Waals surface area (Å²) in [6.07, 6.45) is 11.1. The SMILES string of the molecule is CN1CCN(CCn2nc(-c3ccccc3)c3c(Cl)c(-c4cc[nH]c4)nnc32)CC1.CN1CCN(CCn2nc(-c3ccccc3)c3c(Cl)c(-c4ccc[nH]4)nnc32)CC1.CN1CCN(CCn2nc(-c3ccccc3)c3c(Cl)c(-c4cccn4C)nnc32)CC1.CN1CCN(CCn2nc(-c3ccccc3)c3c(Cl)c(-n4cccn4)nnc32)CC1. The van der Waals surface area contributed by atoms with Crippen molar-refractivity contribution >= 4 is 90.5 Å². The number of piperazine rings is 4. The molecule has 2 N–H and O–H groups in total. The van der Waals surface area contributed by atoms with Crippen molar-refractivity contribution in [1.82, 2.24) is 143 Å². The lowest BCUT2D eigenvalue weighted by Crippen LogP contribution is -2.45. The average Bonchev–Trinajstić information content (AvgIpc) is 1.62. The number of likely N-dealkylation sites (N-methyl/N-ethyl adjacent to an activating group) is 4. The number of H-pyrrole nitrogens is 2. The number of aromatic nitrogens is 21. The Hall–Kier alpha value is -11.0. The van der Waals surface area contributed by atoms with Crippen LogP contribution in [0.2, 0.25) is 20.1 Å². The van der Waals surface area contributed by atoms with Gasteiger partial charge in [0.05, 0.1) is 74.2 Å². The number of aromatic amines is 2. The van der Waals surface area contributed by atoms with Gasteiger partial charge in [-0.2, -0.15) is 25.5 Å². The van der Waals surface area contributed by atoms with Crippen molar-refractivity contribution in [2.45, 2.75) is 26.2 Å². The van der Waals surface area contributed by atoms with Gasteiger partial charge in [-0.05, 0) is 64.6 Å². The van der Waals surface area contributed by atoms with Gasteiger partial charge < -0.3 is 34.1 Å². The molecule has 0 amide bonds. The number of fused-ring (bicyclic) bond motifs is 4. The first kappa shape index (κ1) is 82.3. The highest BCUT2D eigenvalue weighted by Crippen LogP contribution is 2.42. The minimum absolute atomic E-state index is 0.505. The Morgan fingerprint density at radius 2 is 0.669 bits per heavy atom. The number of nitrogens with one attached hydrogen (secondary N) is 2. The van der Waals surface area contributed by atoms with Gasteiger partial charge in [-0.3, -0.25) is 19.6 Å². The summed E-state index contributed by atoms with van der Waals surface area (Å²) in [5, 5.41) is 65.5. The molecule has 0 aliphatic carbocycles. The van der Waals surface area contributed by atoms with Crippen molar-refractivity contribution < 1.29 is 0 Å². The van der Waals surface area contributed by atoms with Crippen molar-refractivity contribution in [1.29, 1.82) is 0 Å². The molecule has 0 atom stereocenters. The molecule has 16 heterocycles. The second-order valence-electron chi connectivity index (χ2n) is 31.2. The summed E-state index contributed by atoms with van der Waals surface area (Å²) in [6, 6.07) is 52.1. The van der Waals surface area contributed by atoms with E-state index in [-0.39, 0.29) is 0 Å². The summed E-state index contributed by atoms with van der Waals surface area (Å²) in [5.74, 6) is 0.505. The summed E-state index contributed by atoms with van der Waals surface area (Å²) in [6.45, 7) is 24.0. The summed E-state index contributed by atoms with van der Waals surface area (Å²) < 4.78 is 11.4. The van der Waals surface area contributed by atoms with Crippen molar-refractivity contribution in [2.75, 3.05) is 159 Å². The lowest BCUT2D eigenvalue weighted by Gasteiger charge is -2.32. The second kappa shape index (κ2) is 37.9. The van der Waals surface area contributed by atoms with Gasteiger partial charge in [-0.15, -0.1) is 40.8 Å². The van der Waals surface area contributed by atoms with Gasteiger partial charge in [0.15, 0.2) is 28.4 Å². The van der Waals surface area contributed by atoms with Crippen molar-refractivity contribution in [3.05, 3.63) is 215 Å². The molecule has 0 saturated carbocycles. The highest BCUT2D eigenvalue weighted by molar-refractivity contribution is 6.40. The van der Waals surface area contributed by atoms with Gasteiger partial charge in [-0.1, -0.05) is 168 Å². The van der Waals surface area contributed by atoms with Crippen LogP contribution in [-0.4, -0.2) is 303 Å². The number of nitrogens with zero attached hydrogens (tertiary/aromatic N) is 27. The van der Waals surface area contributed by atoms with E-state index in [0.29, 0.717) is 48.6 Å². The van der Waals surface area contributed by atoms with Crippen LogP contribution in [0.5, 0.6) is 0 Å². The van der Waals surface area contributed by atoms with E-state index in [1.54, 1.807) is 10.9 Å². The molecule has 4 fully saturated rings. The first-order valence-electron chi connectivity index (χ1n) is 41.2. The topological polar surface area (TPSA) is 255 Å². The number of aryl methyl sites for hydroxylation is 1. The van der Waals surface area contributed by atoms with Gasteiger partial charge in [0.2, 0.25) is 0 Å². The maximum Gasteiger partial charge on any atom is 0.195 e. The van der Waals surface area contributed by atoms with Gasteiger partial charge >= 0.3 is 0 Å². The van der Waals surface area contributed by atoms with Crippen LogP contribution in [0.3, 0.4) is 0 Å². The number of rotatable bonds is 20. The number of halogens is 4. The Labute approximate surface area is 721 Å². The molecule has 4 aliphatic heterocycles. The molecule has 33 heteroatoms. The Kier molecular flexibility index (Phi) is 25.8. The lowest BCUT2D eigenvalue weighted by molar-refractivity contribution is 0.149. The van der Waals surface area contributed by atoms with E-state index < -0.39 is 0 Å².